The molecule has 57 nitrogen and oxygen atoms in total. The number of nitrogens with one attached hydrogen (secondary N) is 4. The Bertz CT molecular complexity index is 7130. The van der Waals surface area contributed by atoms with Crippen LogP contribution in [0.3, 0.4) is 0 Å². The molecule has 7 saturated heterocycles. The third kappa shape index (κ3) is 26.6. The van der Waals surface area contributed by atoms with Crippen LogP contribution in [-0.4, -0.2) is 207 Å². The lowest BCUT2D eigenvalue weighted by Crippen LogP contribution is -2.34. The van der Waals surface area contributed by atoms with Crippen LogP contribution >= 0.6 is 47.1 Å². The lowest BCUT2D eigenvalue weighted by Gasteiger charge is -2.36. The first-order chi connectivity index (χ1) is 66.0. The topological polar surface area (TPSA) is 771 Å². The van der Waals surface area contributed by atoms with E-state index in [-0.39, 0.29) is 75.7 Å². The maximum Gasteiger partial charge on any atom is 0.351 e. The molecule has 141 heavy (non-hydrogen) atoms. The van der Waals surface area contributed by atoms with E-state index in [1.807, 2.05) is 0 Å². The maximum atomic E-state index is 14.9. The van der Waals surface area contributed by atoms with Gasteiger partial charge >= 0.3 is 34.1 Å². The molecule has 7 fully saturated rings. The van der Waals surface area contributed by atoms with E-state index in [1.54, 1.807) is 13.8 Å². The molecule has 0 bridgehead atoms. The molecule has 15 heterocycles. The predicted molar refractivity (Wildman–Crippen MR) is 497 cm³/mol. The number of ether oxygens (including phenoxy) is 7. The van der Waals surface area contributed by atoms with Gasteiger partial charge < -0.3 is 156 Å². The summed E-state index contributed by atoms with van der Waals surface area (Å²) in [6.45, 7) is -29.5. The first-order valence-electron chi connectivity index (χ1n) is 42.0. The Labute approximate surface area is 827 Å². The molecular formula is C70H87N19O38P7S7-7. The largest absolute Gasteiger partial charge is 0.780 e. The van der Waals surface area contributed by atoms with E-state index < -0.39 is 298 Å². The lowest BCUT2D eigenvalue weighted by atomic mass is 10.2. The Kier molecular flexibility index (Phi) is 33.7. The van der Waals surface area contributed by atoms with Crippen LogP contribution in [0.1, 0.15) is 129 Å². The van der Waals surface area contributed by atoms with Crippen LogP contribution in [-0.2, 0) is 180 Å². The minimum absolute atomic E-state index is 0.00351. The SMILES string of the molecule is Cc1cn([C@H]2CC(OP([O-])(=S)OC[C@H]3O[C@@H](n4cnc5c(N)ncnc54)CC3OP([O-])(=S)OC[C@H]3O[C@@H](n4cc(C)c(=O)[nH]c4=O)CC3OP([O-])(=S)OC[C@H]3O[C@@H](n4cc(C)c(=O)[nH]c4=O)CC3OP(=O)([S-])OC[C@H]3O[C@@H](n4cc(C)c(=O)[nH]c4=O)CC3OP([O-])(=S)OC[C@H]3O[C@@H](n4cc(C)c(N)nc4=O)CC3OP([O-])(=S)OC[C@H]3O[C@@H](n4cc(C)c(=O)[nH]c4=O)CC3OP([O-])(O)=S)[C@@H](C)O2)c(=O)nc1N. The number of imidazole rings is 1. The zero-order valence-electron chi connectivity index (χ0n) is 74.1. The lowest BCUT2D eigenvalue weighted by molar-refractivity contribution is -0.222. The van der Waals surface area contributed by atoms with Crippen molar-refractivity contribution in [1.82, 2.24) is 76.8 Å². The van der Waals surface area contributed by atoms with E-state index in [9.17, 15) is 86.8 Å². The molecule has 71 heteroatoms. The predicted octanol–water partition coefficient (Wildman–Crippen LogP) is -3.88. The summed E-state index contributed by atoms with van der Waals surface area (Å²) in [5.41, 5.74) is 10.2. The molecule has 14 unspecified atom stereocenters. The van der Waals surface area contributed by atoms with E-state index >= 15 is 0 Å². The molecule has 0 radical (unpaired) electrons. The van der Waals surface area contributed by atoms with Crippen molar-refractivity contribution in [3.05, 3.63) is 188 Å². The average Bonchev–Trinajstić information content (AvgIpc) is 1.62. The maximum absolute atomic E-state index is 14.9. The van der Waals surface area contributed by atoms with Gasteiger partial charge in [-0.1, -0.05) is 70.8 Å². The second-order valence-electron chi connectivity index (χ2n) is 33.1. The van der Waals surface area contributed by atoms with Crippen molar-refractivity contribution in [3.8, 4) is 0 Å². The van der Waals surface area contributed by atoms with E-state index in [1.165, 1.54) is 62.5 Å². The van der Waals surface area contributed by atoms with Crippen LogP contribution in [0, 0.1) is 41.5 Å². The van der Waals surface area contributed by atoms with E-state index in [4.69, 9.17) is 180 Å². The van der Waals surface area contributed by atoms with Crippen molar-refractivity contribution in [2.75, 3.05) is 56.8 Å². The molecule has 774 valence electrons. The van der Waals surface area contributed by atoms with Gasteiger partial charge in [0.1, 0.15) is 144 Å². The molecule has 0 aliphatic carbocycles. The van der Waals surface area contributed by atoms with Gasteiger partial charge in [-0.25, -0.2) is 43.7 Å². The highest BCUT2D eigenvalue weighted by molar-refractivity contribution is 8.32. The number of aryl methyl sites for hydroxylation is 6. The second-order valence-corrected chi connectivity index (χ2v) is 51.9. The van der Waals surface area contributed by atoms with Crippen LogP contribution in [0.5, 0.6) is 0 Å². The van der Waals surface area contributed by atoms with Crippen LogP contribution in [0.4, 0.5) is 17.5 Å². The van der Waals surface area contributed by atoms with E-state index in [2.05, 4.69) is 56.7 Å². The summed E-state index contributed by atoms with van der Waals surface area (Å²) in [5.74, 6) is -0.157. The molecule has 8 aromatic rings. The molecular weight excluding hydrogens is 2160 g/mol. The van der Waals surface area contributed by atoms with Gasteiger partial charge in [0.05, 0.1) is 94.8 Å². The number of aromatic amines is 4. The number of fused-ring (bicyclic) bond motifs is 1. The molecule has 28 atom stereocenters. The Morgan fingerprint density at radius 3 is 0.957 bits per heavy atom. The minimum Gasteiger partial charge on any atom is -0.780 e. The van der Waals surface area contributed by atoms with Gasteiger partial charge in [-0.05, 0) is 48.5 Å². The monoisotopic (exact) mass is 2240 g/mol. The number of rotatable bonds is 39. The van der Waals surface area contributed by atoms with Crippen molar-refractivity contribution in [1.29, 1.82) is 0 Å². The number of anilines is 3. The molecule has 0 spiro atoms. The normalized spacial score (nSPS) is 30.0. The van der Waals surface area contributed by atoms with Gasteiger partial charge in [0.25, 0.3) is 22.2 Å². The van der Waals surface area contributed by atoms with E-state index in [0.717, 1.165) is 54.0 Å². The van der Waals surface area contributed by atoms with Crippen molar-refractivity contribution in [2.45, 2.75) is 222 Å². The number of hydrogen-bond acceptors (Lipinski definition) is 52. The van der Waals surface area contributed by atoms with E-state index in [0.29, 0.717) is 5.56 Å². The number of nitrogens with zero attached hydrogens (tertiary/aromatic N) is 12. The zero-order chi connectivity index (χ0) is 102. The van der Waals surface area contributed by atoms with Crippen molar-refractivity contribution < 1.29 is 131 Å². The third-order valence-electron chi connectivity index (χ3n) is 23.1. The number of nitrogen functional groups attached to an aromatic ring is 3. The number of H-pyrrole nitrogens is 4. The minimum atomic E-state index is -5.10. The summed E-state index contributed by atoms with van der Waals surface area (Å²) in [5, 5.41) is 0. The summed E-state index contributed by atoms with van der Waals surface area (Å²) in [6, 6.07) is 0. The first kappa shape index (κ1) is 109. The summed E-state index contributed by atoms with van der Waals surface area (Å²) >= 11 is 37.2. The molecule has 0 saturated carbocycles. The van der Waals surface area contributed by atoms with Crippen molar-refractivity contribution in [2.24, 2.45) is 0 Å². The molecule has 0 aromatic carbocycles. The fraction of sp³-hybridized carbons (Fsp3) is 0.586. The third-order valence-corrected chi connectivity index (χ3v) is 33.3. The van der Waals surface area contributed by atoms with Gasteiger partial charge in [0.15, 0.2) is 18.3 Å². The molecule has 7 aliphatic heterocycles. The van der Waals surface area contributed by atoms with Crippen LogP contribution in [0.15, 0.2) is 97.8 Å². The first-order valence-corrected chi connectivity index (χ1v) is 60.0. The Hall–Kier alpha value is -6.17. The quantitative estimate of drug-likeness (QED) is 0.0135. The summed E-state index contributed by atoms with van der Waals surface area (Å²) in [6.07, 6.45) is -22.7. The summed E-state index contributed by atoms with van der Waals surface area (Å²) in [4.78, 5) is 254. The zero-order valence-corrected chi connectivity index (χ0v) is 86.1. The molecule has 7 aliphatic rings. The van der Waals surface area contributed by atoms with Crippen molar-refractivity contribution in [3.63, 3.8) is 0 Å². The Balaban J connectivity index is 0.632. The smallest absolute Gasteiger partial charge is 0.351 e. The fourth-order valence-electron chi connectivity index (χ4n) is 16.1. The molecule has 8 aromatic heterocycles. The van der Waals surface area contributed by atoms with Gasteiger partial charge in [-0.15, -0.1) is 0 Å². The fourth-order valence-corrected chi connectivity index (χ4v) is 25.8. The molecule has 0 amide bonds. The average molecular weight is 2240 g/mol. The standard InChI is InChI=1S/C70H94N19O38P7S7/c1-29-15-83(65(94)77-57(29)71)49-8-36(35(7)114-49)122-129(102,136)108-26-48-42(14-55(120-48)89-28-76-56-59(73)74-27-75-60(56)89)127-134(107,141)113-25-47-41(13-54(119-47)88-20-34(6)64(93)82-70(88)99)126-133(106,140)112-24-46-40(12-53(118-46)87-19-33(5)63(92)81-69(87)98)125-132(105,139)111-23-45-39(11-52(117-45)86-18-32(4)62(91)80-68(86)97)124-131(104,138)110-22-44-38(10-51(116-44)84-16-30(2)58(72)78-66(84)95)123-130(103,137)109-21-43-37(121-128(100,101)135)9-50(115-43)85-17-31(3)61(90)79-67(85)96/h15-20,27-28,35-55H,8-14,21-26H2,1-7H3,(H,102,136)(H,103,137)(H,104,138)(H,105,139)(H,106,140)(H,107,141)(H2,71,77,94)(H2,72,78,95)(H2,73,74,75)(H,79,90,96)(H,80,91,97)(H,81,92,98)(H,82,93,99)(H2,100,101,135)/p-7/t35-,36?,37?,38?,39?,40?,41?,42?,43-,44-,45-,46-,47-,48-,49-,50-,51-,52-,53-,54-,55-,129?,130?,131?,132?,133?,134?/m1/s1. The number of nitrogens with two attached hydrogens (primary N) is 3. The number of hydrogen-bond donors (Lipinski definition) is 8. The van der Waals surface area contributed by atoms with Crippen LogP contribution in [0.25, 0.3) is 11.2 Å². The Morgan fingerprint density at radius 2 is 0.638 bits per heavy atom. The second kappa shape index (κ2) is 43.6. The van der Waals surface area contributed by atoms with Gasteiger partial charge in [-0.3, -0.25) is 75.6 Å². The number of aromatic nitrogens is 16. The van der Waals surface area contributed by atoms with Crippen LogP contribution in [0.2, 0.25) is 0 Å². The summed E-state index contributed by atoms with van der Waals surface area (Å²) < 4.78 is 141. The van der Waals surface area contributed by atoms with Crippen LogP contribution < -0.4 is 103 Å². The molecule has 11 N–H and O–H groups in total. The molecule has 15 rings (SSSR count). The highest BCUT2D eigenvalue weighted by Crippen LogP contribution is 2.56. The van der Waals surface area contributed by atoms with Gasteiger partial charge in [0, 0.05) is 116 Å². The summed E-state index contributed by atoms with van der Waals surface area (Å²) in [7, 11) is 0. The highest BCUT2D eigenvalue weighted by atomic mass is 32.7. The van der Waals surface area contributed by atoms with Gasteiger partial charge in [-0.2, -0.15) is 9.97 Å². The van der Waals surface area contributed by atoms with Gasteiger partial charge in [0.2, 0.25) is 0 Å². The Morgan fingerprint density at radius 1 is 0.376 bits per heavy atom. The van der Waals surface area contributed by atoms with Crippen molar-refractivity contribution >= 4 is 159 Å². The highest BCUT2D eigenvalue weighted by Gasteiger charge is 2.49.